The van der Waals surface area contributed by atoms with Gasteiger partial charge in [0, 0.05) is 18.6 Å². The van der Waals surface area contributed by atoms with Gasteiger partial charge in [0.1, 0.15) is 5.84 Å². The molecule has 1 unspecified atom stereocenters. The fourth-order valence-electron chi connectivity index (χ4n) is 2.60. The number of rotatable bonds is 8. The van der Waals surface area contributed by atoms with E-state index in [0.29, 0.717) is 11.9 Å². The molecule has 3 N–H and O–H groups in total. The number of oxime groups is 1. The molecule has 1 saturated heterocycles. The monoisotopic (exact) mass is 285 g/mol. The first-order valence-electron chi connectivity index (χ1n) is 7.74. The zero-order valence-electron chi connectivity index (χ0n) is 13.3. The number of hydrogen-bond donors (Lipinski definition) is 2. The maximum atomic E-state index is 8.74. The van der Waals surface area contributed by atoms with Gasteiger partial charge >= 0.3 is 0 Å². The molecule has 0 bridgehead atoms. The van der Waals surface area contributed by atoms with Crippen molar-refractivity contribution in [2.45, 2.75) is 58.5 Å². The largest absolute Gasteiger partial charge is 0.409 e. The molecule has 5 heteroatoms. The van der Waals surface area contributed by atoms with E-state index in [1.807, 2.05) is 13.8 Å². The molecule has 0 aliphatic carbocycles. The Balaban J connectivity index is 2.14. The Morgan fingerprint density at radius 2 is 2.15 bits per heavy atom. The van der Waals surface area contributed by atoms with E-state index in [1.54, 1.807) is 0 Å². The van der Waals surface area contributed by atoms with E-state index in [9.17, 15) is 0 Å². The van der Waals surface area contributed by atoms with E-state index in [1.165, 1.54) is 19.3 Å². The lowest BCUT2D eigenvalue weighted by atomic mass is 9.86. The topological polar surface area (TPSA) is 71.1 Å². The van der Waals surface area contributed by atoms with E-state index in [0.717, 1.165) is 39.0 Å². The number of hydrogen-bond acceptors (Lipinski definition) is 4. The lowest BCUT2D eigenvalue weighted by Crippen LogP contribution is -2.34. The second-order valence-electron chi connectivity index (χ2n) is 6.58. The molecule has 0 amide bonds. The van der Waals surface area contributed by atoms with E-state index in [4.69, 9.17) is 15.7 Å². The number of likely N-dealkylation sites (N-methyl/N-ethyl adjacent to an activating group) is 1. The molecule has 0 aromatic rings. The predicted octanol–water partition coefficient (Wildman–Crippen LogP) is 2.43. The van der Waals surface area contributed by atoms with Gasteiger partial charge in [-0.2, -0.15) is 0 Å². The van der Waals surface area contributed by atoms with Crippen LogP contribution in [0.15, 0.2) is 5.16 Å². The van der Waals surface area contributed by atoms with Crippen molar-refractivity contribution in [3.05, 3.63) is 0 Å². The predicted molar refractivity (Wildman–Crippen MR) is 82.1 cm³/mol. The van der Waals surface area contributed by atoms with Crippen LogP contribution in [0.2, 0.25) is 0 Å². The van der Waals surface area contributed by atoms with Crippen molar-refractivity contribution in [1.82, 2.24) is 4.90 Å². The van der Waals surface area contributed by atoms with Crippen LogP contribution in [0.1, 0.15) is 52.4 Å². The normalized spacial score (nSPS) is 21.4. The van der Waals surface area contributed by atoms with Crippen LogP contribution in [0.4, 0.5) is 0 Å². The van der Waals surface area contributed by atoms with Gasteiger partial charge in [0.25, 0.3) is 0 Å². The van der Waals surface area contributed by atoms with Crippen LogP contribution in [0.3, 0.4) is 0 Å². The van der Waals surface area contributed by atoms with Crippen LogP contribution in [0.25, 0.3) is 0 Å². The Kier molecular flexibility index (Phi) is 7.30. The molecule has 5 nitrogen and oxygen atoms in total. The molecule has 1 heterocycles. The molecule has 1 fully saturated rings. The fraction of sp³-hybridized carbons (Fsp3) is 0.933. The van der Waals surface area contributed by atoms with E-state index < -0.39 is 0 Å². The average molecular weight is 285 g/mol. The van der Waals surface area contributed by atoms with Gasteiger partial charge in [-0.25, -0.2) is 0 Å². The summed E-state index contributed by atoms with van der Waals surface area (Å²) in [6, 6.07) is 0. The average Bonchev–Trinajstić information content (AvgIpc) is 2.43. The van der Waals surface area contributed by atoms with Crippen LogP contribution in [0.5, 0.6) is 0 Å². The van der Waals surface area contributed by atoms with Crippen molar-refractivity contribution in [2.24, 2.45) is 16.3 Å². The molecule has 0 aromatic heterocycles. The lowest BCUT2D eigenvalue weighted by Gasteiger charge is -2.28. The molecule has 20 heavy (non-hydrogen) atoms. The highest BCUT2D eigenvalue weighted by Gasteiger charge is 2.23. The van der Waals surface area contributed by atoms with Crippen LogP contribution < -0.4 is 5.73 Å². The molecule has 0 spiro atoms. The van der Waals surface area contributed by atoms with Crippen molar-refractivity contribution < 1.29 is 9.94 Å². The summed E-state index contributed by atoms with van der Waals surface area (Å²) in [6.45, 7) is 7.06. The standard InChI is InChI=1S/C15H31N3O2/c1-15(2,14(16)17-19)9-5-6-10-18(3)12-13-8-4-7-11-20-13/h13,19H,4-12H2,1-3H3,(H2,16,17). The summed E-state index contributed by atoms with van der Waals surface area (Å²) in [4.78, 5) is 2.35. The third kappa shape index (κ3) is 6.09. The quantitative estimate of drug-likeness (QED) is 0.236. The third-order valence-electron chi connectivity index (χ3n) is 4.18. The molecular formula is C15H31N3O2. The van der Waals surface area contributed by atoms with Crippen molar-refractivity contribution >= 4 is 5.84 Å². The van der Waals surface area contributed by atoms with Gasteiger partial charge in [0.2, 0.25) is 0 Å². The van der Waals surface area contributed by atoms with Crippen molar-refractivity contribution in [3.8, 4) is 0 Å². The van der Waals surface area contributed by atoms with E-state index in [-0.39, 0.29) is 5.41 Å². The van der Waals surface area contributed by atoms with Gasteiger partial charge in [-0.05, 0) is 45.7 Å². The summed E-state index contributed by atoms with van der Waals surface area (Å²) in [5.74, 6) is 0.321. The first-order chi connectivity index (χ1) is 9.45. The number of amidine groups is 1. The number of nitrogens with zero attached hydrogens (tertiary/aromatic N) is 2. The molecule has 1 aliphatic rings. The zero-order chi connectivity index (χ0) is 15.0. The van der Waals surface area contributed by atoms with E-state index >= 15 is 0 Å². The summed E-state index contributed by atoms with van der Waals surface area (Å²) in [5, 5.41) is 11.9. The summed E-state index contributed by atoms with van der Waals surface area (Å²) in [6.07, 6.45) is 7.28. The van der Waals surface area contributed by atoms with Gasteiger partial charge < -0.3 is 20.6 Å². The first kappa shape index (κ1) is 17.2. The minimum absolute atomic E-state index is 0.222. The maximum absolute atomic E-state index is 8.74. The van der Waals surface area contributed by atoms with Gasteiger partial charge in [-0.3, -0.25) is 0 Å². The number of unbranched alkanes of at least 4 members (excludes halogenated alkanes) is 1. The first-order valence-corrected chi connectivity index (χ1v) is 7.74. The van der Waals surface area contributed by atoms with Crippen molar-refractivity contribution in [3.63, 3.8) is 0 Å². The smallest absolute Gasteiger partial charge is 0.144 e. The molecule has 0 aromatic carbocycles. The Morgan fingerprint density at radius 3 is 2.75 bits per heavy atom. The molecular weight excluding hydrogens is 254 g/mol. The minimum atomic E-state index is -0.222. The number of nitrogens with two attached hydrogens (primary N) is 1. The zero-order valence-corrected chi connectivity index (χ0v) is 13.3. The second kappa shape index (κ2) is 8.47. The van der Waals surface area contributed by atoms with Crippen LogP contribution in [-0.2, 0) is 4.74 Å². The summed E-state index contributed by atoms with van der Waals surface area (Å²) < 4.78 is 5.75. The number of ether oxygens (including phenoxy) is 1. The molecule has 1 atom stereocenters. The minimum Gasteiger partial charge on any atom is -0.409 e. The SMILES string of the molecule is CN(CCCCC(C)(C)C(N)=NO)CC1CCCCO1. The Morgan fingerprint density at radius 1 is 1.40 bits per heavy atom. The van der Waals surface area contributed by atoms with E-state index in [2.05, 4.69) is 17.1 Å². The van der Waals surface area contributed by atoms with Crippen LogP contribution in [0, 0.1) is 5.41 Å². The molecule has 1 aliphatic heterocycles. The fourth-order valence-corrected chi connectivity index (χ4v) is 2.60. The van der Waals surface area contributed by atoms with Gasteiger partial charge in [-0.1, -0.05) is 25.4 Å². The second-order valence-corrected chi connectivity index (χ2v) is 6.58. The summed E-state index contributed by atoms with van der Waals surface area (Å²) in [5.41, 5.74) is 5.47. The Hall–Kier alpha value is -0.810. The van der Waals surface area contributed by atoms with Gasteiger partial charge in [0.15, 0.2) is 0 Å². The van der Waals surface area contributed by atoms with Crippen LogP contribution in [-0.4, -0.2) is 48.8 Å². The Bertz CT molecular complexity index is 299. The summed E-state index contributed by atoms with van der Waals surface area (Å²) in [7, 11) is 2.16. The third-order valence-corrected chi connectivity index (χ3v) is 4.18. The highest BCUT2D eigenvalue weighted by Crippen LogP contribution is 2.23. The maximum Gasteiger partial charge on any atom is 0.144 e. The Labute approximate surface area is 123 Å². The lowest BCUT2D eigenvalue weighted by molar-refractivity contribution is -0.00165. The van der Waals surface area contributed by atoms with Crippen molar-refractivity contribution in [1.29, 1.82) is 0 Å². The van der Waals surface area contributed by atoms with Gasteiger partial charge in [-0.15, -0.1) is 0 Å². The highest BCUT2D eigenvalue weighted by molar-refractivity contribution is 5.85. The molecule has 118 valence electrons. The van der Waals surface area contributed by atoms with Gasteiger partial charge in [0.05, 0.1) is 6.10 Å². The van der Waals surface area contributed by atoms with Crippen LogP contribution >= 0.6 is 0 Å². The summed E-state index contributed by atoms with van der Waals surface area (Å²) >= 11 is 0. The van der Waals surface area contributed by atoms with Crippen molar-refractivity contribution in [2.75, 3.05) is 26.7 Å². The highest BCUT2D eigenvalue weighted by atomic mass is 16.5. The molecule has 0 saturated carbocycles. The molecule has 0 radical (unpaired) electrons. The molecule has 1 rings (SSSR count).